The van der Waals surface area contributed by atoms with E-state index in [1.807, 2.05) is 13.8 Å². The molecule has 1 aliphatic rings. The Bertz CT molecular complexity index is 1040. The first kappa shape index (κ1) is 19.4. The average Bonchev–Trinajstić information content (AvgIpc) is 3.33. The summed E-state index contributed by atoms with van der Waals surface area (Å²) in [5.41, 5.74) is 0.274. The second-order valence-corrected chi connectivity index (χ2v) is 7.56. The summed E-state index contributed by atoms with van der Waals surface area (Å²) in [7, 11) is 0. The van der Waals surface area contributed by atoms with Gasteiger partial charge in [-0.15, -0.1) is 10.2 Å². The van der Waals surface area contributed by atoms with E-state index in [4.69, 9.17) is 4.52 Å². The third-order valence-corrected chi connectivity index (χ3v) is 5.16. The number of fused-ring (bicyclic) bond motifs is 1. The van der Waals surface area contributed by atoms with Crippen molar-refractivity contribution in [3.8, 4) is 0 Å². The van der Waals surface area contributed by atoms with Gasteiger partial charge < -0.3 is 9.42 Å². The van der Waals surface area contributed by atoms with Crippen molar-refractivity contribution in [2.24, 2.45) is 0 Å². The Morgan fingerprint density at radius 1 is 1.28 bits per heavy atom. The van der Waals surface area contributed by atoms with Gasteiger partial charge in [0.15, 0.2) is 5.65 Å². The number of piperidine rings is 1. The van der Waals surface area contributed by atoms with Crippen LogP contribution in [-0.4, -0.2) is 43.7 Å². The van der Waals surface area contributed by atoms with Crippen LogP contribution in [0.15, 0.2) is 28.9 Å². The first-order valence-corrected chi connectivity index (χ1v) is 9.42. The summed E-state index contributed by atoms with van der Waals surface area (Å²) < 4.78 is 45.8. The lowest BCUT2D eigenvalue weighted by Crippen LogP contribution is -2.39. The first-order valence-electron chi connectivity index (χ1n) is 9.42. The van der Waals surface area contributed by atoms with Crippen LogP contribution in [0.2, 0.25) is 0 Å². The molecule has 1 amide bonds. The van der Waals surface area contributed by atoms with Crippen LogP contribution in [-0.2, 0) is 6.18 Å². The summed E-state index contributed by atoms with van der Waals surface area (Å²) in [6.45, 7) is 4.77. The molecule has 1 atom stereocenters. The van der Waals surface area contributed by atoms with Crippen molar-refractivity contribution in [1.82, 2.24) is 24.7 Å². The van der Waals surface area contributed by atoms with Gasteiger partial charge in [0.25, 0.3) is 5.91 Å². The summed E-state index contributed by atoms with van der Waals surface area (Å²) in [6.07, 6.45) is -2.04. The molecule has 1 fully saturated rings. The monoisotopic (exact) mass is 407 g/mol. The third kappa shape index (κ3) is 3.70. The van der Waals surface area contributed by atoms with Gasteiger partial charge in [-0.05, 0) is 30.9 Å². The zero-order valence-electron chi connectivity index (χ0n) is 16.0. The van der Waals surface area contributed by atoms with Gasteiger partial charge >= 0.3 is 6.18 Å². The van der Waals surface area contributed by atoms with Crippen LogP contribution in [0.5, 0.6) is 0 Å². The van der Waals surface area contributed by atoms with Gasteiger partial charge in [-0.25, -0.2) is 0 Å². The first-order chi connectivity index (χ1) is 13.7. The second-order valence-electron chi connectivity index (χ2n) is 7.56. The molecule has 3 aromatic rings. The molecule has 0 spiro atoms. The molecule has 0 saturated carbocycles. The maximum Gasteiger partial charge on any atom is 0.417 e. The molecule has 4 rings (SSSR count). The summed E-state index contributed by atoms with van der Waals surface area (Å²) in [6, 6.07) is 3.92. The molecule has 0 N–H and O–H groups in total. The highest BCUT2D eigenvalue weighted by Gasteiger charge is 2.33. The Morgan fingerprint density at radius 3 is 2.76 bits per heavy atom. The van der Waals surface area contributed by atoms with Crippen LogP contribution in [0.1, 0.15) is 66.2 Å². The Labute approximate surface area is 164 Å². The van der Waals surface area contributed by atoms with Gasteiger partial charge in [0, 0.05) is 31.3 Å². The highest BCUT2D eigenvalue weighted by molar-refractivity contribution is 5.91. The number of hydrogen-bond donors (Lipinski definition) is 0. The van der Waals surface area contributed by atoms with E-state index in [9.17, 15) is 18.0 Å². The lowest BCUT2D eigenvalue weighted by molar-refractivity contribution is -0.137. The van der Waals surface area contributed by atoms with Crippen molar-refractivity contribution in [3.63, 3.8) is 0 Å². The Morgan fingerprint density at radius 2 is 2.07 bits per heavy atom. The number of alkyl halides is 3. The van der Waals surface area contributed by atoms with Crippen LogP contribution in [0, 0.1) is 0 Å². The Hall–Kier alpha value is -2.91. The molecule has 154 valence electrons. The largest absolute Gasteiger partial charge is 0.417 e. The maximum atomic E-state index is 13.1. The van der Waals surface area contributed by atoms with E-state index in [0.717, 1.165) is 12.3 Å². The molecule has 0 radical (unpaired) electrons. The normalized spacial score (nSPS) is 18.0. The average molecular weight is 407 g/mol. The lowest BCUT2D eigenvalue weighted by Gasteiger charge is -2.31. The molecule has 0 aromatic carbocycles. The predicted molar refractivity (Wildman–Crippen MR) is 96.5 cm³/mol. The highest BCUT2D eigenvalue weighted by Crippen LogP contribution is 2.31. The van der Waals surface area contributed by atoms with Crippen molar-refractivity contribution in [3.05, 3.63) is 47.2 Å². The Kier molecular flexibility index (Phi) is 4.79. The SMILES string of the molecule is CC(C)c1cc(C(=O)N2CCCC(c3nnc4ccc(C(F)(F)F)cn34)C2)on1. The fraction of sp³-hybridized carbons (Fsp3) is 0.474. The summed E-state index contributed by atoms with van der Waals surface area (Å²) in [5, 5.41) is 12.0. The second kappa shape index (κ2) is 7.16. The zero-order chi connectivity index (χ0) is 20.8. The summed E-state index contributed by atoms with van der Waals surface area (Å²) >= 11 is 0. The number of halogens is 3. The molecule has 1 saturated heterocycles. The number of aromatic nitrogens is 4. The molecular formula is C19H20F3N5O2. The molecule has 3 aromatic heterocycles. The number of nitrogens with zero attached hydrogens (tertiary/aromatic N) is 5. The number of pyridine rings is 1. The molecule has 7 nitrogen and oxygen atoms in total. The fourth-order valence-corrected chi connectivity index (χ4v) is 3.54. The molecule has 0 aliphatic carbocycles. The number of rotatable bonds is 3. The van der Waals surface area contributed by atoms with E-state index in [2.05, 4.69) is 15.4 Å². The van der Waals surface area contributed by atoms with E-state index in [-0.39, 0.29) is 23.5 Å². The van der Waals surface area contributed by atoms with E-state index < -0.39 is 11.7 Å². The highest BCUT2D eigenvalue weighted by atomic mass is 19.4. The van der Waals surface area contributed by atoms with Gasteiger partial charge in [-0.2, -0.15) is 13.2 Å². The molecule has 4 heterocycles. The quantitative estimate of drug-likeness (QED) is 0.659. The molecule has 0 bridgehead atoms. The van der Waals surface area contributed by atoms with E-state index in [1.165, 1.54) is 10.5 Å². The van der Waals surface area contributed by atoms with Crippen molar-refractivity contribution in [1.29, 1.82) is 0 Å². The van der Waals surface area contributed by atoms with Gasteiger partial charge in [0.2, 0.25) is 5.76 Å². The minimum Gasteiger partial charge on any atom is -0.351 e. The summed E-state index contributed by atoms with van der Waals surface area (Å²) in [4.78, 5) is 14.4. The topological polar surface area (TPSA) is 76.5 Å². The van der Waals surface area contributed by atoms with Crippen molar-refractivity contribution in [2.75, 3.05) is 13.1 Å². The van der Waals surface area contributed by atoms with E-state index in [0.29, 0.717) is 43.1 Å². The number of amides is 1. The zero-order valence-corrected chi connectivity index (χ0v) is 16.0. The molecule has 1 unspecified atom stereocenters. The summed E-state index contributed by atoms with van der Waals surface area (Å²) in [5.74, 6) is 0.223. The molecule has 1 aliphatic heterocycles. The van der Waals surface area contributed by atoms with Crippen molar-refractivity contribution >= 4 is 11.6 Å². The van der Waals surface area contributed by atoms with Gasteiger partial charge in [0.1, 0.15) is 5.82 Å². The number of carbonyl (C=O) groups excluding carboxylic acids is 1. The smallest absolute Gasteiger partial charge is 0.351 e. The van der Waals surface area contributed by atoms with Crippen LogP contribution < -0.4 is 0 Å². The third-order valence-electron chi connectivity index (χ3n) is 5.16. The minimum atomic E-state index is -4.45. The number of likely N-dealkylation sites (tertiary alicyclic amines) is 1. The van der Waals surface area contributed by atoms with Crippen molar-refractivity contribution < 1.29 is 22.5 Å². The van der Waals surface area contributed by atoms with Crippen LogP contribution in [0.25, 0.3) is 5.65 Å². The molecule has 29 heavy (non-hydrogen) atoms. The predicted octanol–water partition coefficient (Wildman–Crippen LogP) is 3.88. The molecule has 10 heteroatoms. The minimum absolute atomic E-state index is 0.139. The number of hydrogen-bond acceptors (Lipinski definition) is 5. The maximum absolute atomic E-state index is 13.1. The van der Waals surface area contributed by atoms with Gasteiger partial charge in [-0.3, -0.25) is 9.20 Å². The fourth-order valence-electron chi connectivity index (χ4n) is 3.54. The van der Waals surface area contributed by atoms with E-state index >= 15 is 0 Å². The van der Waals surface area contributed by atoms with Gasteiger partial charge in [-0.1, -0.05) is 19.0 Å². The van der Waals surface area contributed by atoms with Gasteiger partial charge in [0.05, 0.1) is 11.3 Å². The van der Waals surface area contributed by atoms with Crippen LogP contribution >= 0.6 is 0 Å². The van der Waals surface area contributed by atoms with Crippen molar-refractivity contribution in [2.45, 2.75) is 44.7 Å². The standard InChI is InChI=1S/C19H20F3N5O2/c1-11(2)14-8-15(29-25-14)18(28)26-7-3-4-12(9-26)17-24-23-16-6-5-13(10-27(16)17)19(20,21)22/h5-6,8,10-12H,3-4,7,9H2,1-2H3. The van der Waals surface area contributed by atoms with Crippen LogP contribution in [0.3, 0.4) is 0 Å². The lowest BCUT2D eigenvalue weighted by atomic mass is 9.97. The Balaban J connectivity index is 1.59. The molecular weight excluding hydrogens is 387 g/mol. The van der Waals surface area contributed by atoms with E-state index in [1.54, 1.807) is 11.0 Å². The number of carbonyl (C=O) groups is 1. The van der Waals surface area contributed by atoms with Crippen LogP contribution in [0.4, 0.5) is 13.2 Å².